The highest BCUT2D eigenvalue weighted by Gasteiger charge is 2.28. The van der Waals surface area contributed by atoms with E-state index in [0.29, 0.717) is 17.5 Å². The average Bonchev–Trinajstić information content (AvgIpc) is 3.11. The van der Waals surface area contributed by atoms with Crippen LogP contribution < -0.4 is 20.7 Å². The quantitative estimate of drug-likeness (QED) is 0.158. The van der Waals surface area contributed by atoms with Crippen LogP contribution in [0.4, 0.5) is 0 Å². The molecule has 211 valence electrons. The van der Waals surface area contributed by atoms with E-state index in [1.807, 2.05) is 30.3 Å². The number of aryl methyl sites for hydroxylation is 1. The summed E-state index contributed by atoms with van der Waals surface area (Å²) < 4.78 is 0. The number of hydrogen-bond acceptors (Lipinski definition) is 3. The van der Waals surface area contributed by atoms with E-state index in [0.717, 1.165) is 16.7 Å². The zero-order valence-electron chi connectivity index (χ0n) is 24.5. The predicted molar refractivity (Wildman–Crippen MR) is 184 cm³/mol. The third-order valence-electron chi connectivity index (χ3n) is 8.15. The number of aromatic nitrogens is 3. The number of benzene rings is 6. The van der Waals surface area contributed by atoms with Crippen LogP contribution in [0.1, 0.15) is 5.56 Å². The van der Waals surface area contributed by atoms with Gasteiger partial charge in [0.05, 0.1) is 0 Å². The molecule has 44 heavy (non-hydrogen) atoms. The monoisotopic (exact) mass is 581 g/mol. The second-order valence-corrected chi connectivity index (χ2v) is 14.8. The first-order valence-corrected chi connectivity index (χ1v) is 16.9. The molecule has 7 rings (SSSR count). The van der Waals surface area contributed by atoms with Crippen molar-refractivity contribution >= 4 is 28.8 Å². The van der Waals surface area contributed by atoms with Crippen LogP contribution in [0.25, 0.3) is 34.2 Å². The lowest BCUT2D eigenvalue weighted by atomic mass is 10.1. The minimum atomic E-state index is -2.70. The van der Waals surface area contributed by atoms with Gasteiger partial charge in [-0.15, -0.1) is 0 Å². The molecule has 0 aliphatic carbocycles. The highest BCUT2D eigenvalue weighted by molar-refractivity contribution is 7.19. The first-order valence-electron chi connectivity index (χ1n) is 14.9. The molecule has 0 N–H and O–H groups in total. The van der Waals surface area contributed by atoms with Gasteiger partial charge in [0.2, 0.25) is 0 Å². The molecule has 1 heterocycles. The van der Waals surface area contributed by atoms with Gasteiger partial charge in [0, 0.05) is 16.7 Å². The van der Waals surface area contributed by atoms with Crippen molar-refractivity contribution in [1.29, 1.82) is 0 Å². The van der Waals surface area contributed by atoms with Gasteiger partial charge in [0.1, 0.15) is 0 Å². The maximum absolute atomic E-state index is 5.06. The Kier molecular flexibility index (Phi) is 7.49. The van der Waals surface area contributed by atoms with E-state index in [1.54, 1.807) is 0 Å². The Morgan fingerprint density at radius 1 is 0.341 bits per heavy atom. The molecule has 0 radical (unpaired) electrons. The van der Waals surface area contributed by atoms with Gasteiger partial charge < -0.3 is 0 Å². The summed E-state index contributed by atoms with van der Waals surface area (Å²) in [5.41, 5.74) is 4.09. The fourth-order valence-corrected chi connectivity index (χ4v) is 10.8. The molecule has 0 bridgehead atoms. The smallest absolute Gasteiger partial charge is 0.164 e. The van der Waals surface area contributed by atoms with Gasteiger partial charge in [-0.05, 0) is 15.0 Å². The summed E-state index contributed by atoms with van der Waals surface area (Å²) >= 11 is 0. The lowest BCUT2D eigenvalue weighted by Crippen LogP contribution is -2.74. The van der Waals surface area contributed by atoms with E-state index < -0.39 is 8.07 Å². The summed E-state index contributed by atoms with van der Waals surface area (Å²) in [4.78, 5) is 15.0. The molecule has 0 atom stereocenters. The molecular weight excluding hydrogens is 551 g/mol. The summed E-state index contributed by atoms with van der Waals surface area (Å²) in [5, 5.41) is 5.26. The SMILES string of the molecule is Cc1ccc(-c2nc(-c3ccccc3)nc(-c3cccc([Si-](c4ccccc4)(c4ccccc4)c4ccccc4)c3)n2)cc1. The summed E-state index contributed by atoms with van der Waals surface area (Å²) in [6.45, 7) is 2.09. The first-order chi connectivity index (χ1) is 21.7. The molecule has 6 aromatic carbocycles. The van der Waals surface area contributed by atoms with Crippen molar-refractivity contribution in [3.05, 3.63) is 175 Å². The van der Waals surface area contributed by atoms with E-state index in [2.05, 4.69) is 146 Å². The normalized spacial score (nSPS) is 11.3. The Balaban J connectivity index is 1.48. The second kappa shape index (κ2) is 12.0. The van der Waals surface area contributed by atoms with Crippen LogP contribution in [-0.4, -0.2) is 23.0 Å². The van der Waals surface area contributed by atoms with E-state index in [4.69, 9.17) is 15.0 Å². The third kappa shape index (κ3) is 5.17. The van der Waals surface area contributed by atoms with E-state index in [-0.39, 0.29) is 0 Å². The molecule has 0 fully saturated rings. The second-order valence-electron chi connectivity index (χ2n) is 11.0. The lowest BCUT2D eigenvalue weighted by molar-refractivity contribution is 1.07. The first kappa shape index (κ1) is 27.4. The summed E-state index contributed by atoms with van der Waals surface area (Å²) in [5.74, 6) is 1.99. The maximum atomic E-state index is 5.06. The highest BCUT2D eigenvalue weighted by Crippen LogP contribution is 2.25. The zero-order chi connectivity index (χ0) is 29.8. The molecule has 0 amide bonds. The van der Waals surface area contributed by atoms with Crippen molar-refractivity contribution in [1.82, 2.24) is 15.0 Å². The fourth-order valence-electron chi connectivity index (χ4n) is 6.01. The van der Waals surface area contributed by atoms with Gasteiger partial charge in [-0.2, -0.15) is 20.7 Å². The molecule has 0 aliphatic heterocycles. The van der Waals surface area contributed by atoms with Crippen molar-refractivity contribution in [2.24, 2.45) is 0 Å². The van der Waals surface area contributed by atoms with Crippen LogP contribution in [0.2, 0.25) is 0 Å². The Hall–Kier alpha value is -5.45. The Morgan fingerprint density at radius 3 is 1.18 bits per heavy atom. The molecule has 0 aliphatic rings. The van der Waals surface area contributed by atoms with Crippen LogP contribution in [-0.2, 0) is 0 Å². The van der Waals surface area contributed by atoms with Crippen molar-refractivity contribution in [2.75, 3.05) is 0 Å². The molecule has 7 aromatic rings. The van der Waals surface area contributed by atoms with E-state index >= 15 is 0 Å². The van der Waals surface area contributed by atoms with Crippen LogP contribution in [0.5, 0.6) is 0 Å². The lowest BCUT2D eigenvalue weighted by Gasteiger charge is -2.47. The summed E-state index contributed by atoms with van der Waals surface area (Å²) in [6, 6.07) is 60.3. The molecular formula is C40H31N3Si-. The van der Waals surface area contributed by atoms with E-state index in [9.17, 15) is 0 Å². The molecule has 4 heteroatoms. The Morgan fingerprint density at radius 2 is 0.705 bits per heavy atom. The zero-order valence-corrected chi connectivity index (χ0v) is 25.5. The Labute approximate surface area is 259 Å². The van der Waals surface area contributed by atoms with Crippen molar-refractivity contribution in [3.63, 3.8) is 0 Å². The van der Waals surface area contributed by atoms with Gasteiger partial charge >= 0.3 is 0 Å². The van der Waals surface area contributed by atoms with Crippen LogP contribution in [0, 0.1) is 6.92 Å². The van der Waals surface area contributed by atoms with Gasteiger partial charge in [-0.25, -0.2) is 15.0 Å². The van der Waals surface area contributed by atoms with Crippen LogP contribution >= 0.6 is 0 Å². The van der Waals surface area contributed by atoms with Gasteiger partial charge in [0.15, 0.2) is 17.5 Å². The number of rotatable bonds is 7. The number of hydrogen-bond donors (Lipinski definition) is 0. The fraction of sp³-hybridized carbons (Fsp3) is 0.0250. The minimum Gasteiger partial charge on any atom is -0.208 e. The van der Waals surface area contributed by atoms with Crippen molar-refractivity contribution in [3.8, 4) is 34.2 Å². The molecule has 3 nitrogen and oxygen atoms in total. The topological polar surface area (TPSA) is 38.7 Å². The van der Waals surface area contributed by atoms with E-state index in [1.165, 1.54) is 26.3 Å². The molecule has 0 unspecified atom stereocenters. The molecule has 0 saturated heterocycles. The Bertz CT molecular complexity index is 1900. The third-order valence-corrected chi connectivity index (χ3v) is 12.9. The van der Waals surface area contributed by atoms with Crippen molar-refractivity contribution < 1.29 is 0 Å². The number of nitrogens with zero attached hydrogens (tertiary/aromatic N) is 3. The average molecular weight is 582 g/mol. The summed E-state index contributed by atoms with van der Waals surface area (Å²) in [6.07, 6.45) is 0. The standard InChI is InChI=1S/C40H31N3Si/c1-30-25-27-32(28-26-30)39-41-38(31-15-6-2-7-16-31)42-40(43-39)33-17-14-24-37(29-33)44(34-18-8-3-9-19-34,35-20-10-4-11-21-35)36-22-12-5-13-23-36/h2-29H,1H3/q-1. The van der Waals surface area contributed by atoms with Crippen molar-refractivity contribution in [2.45, 2.75) is 6.92 Å². The van der Waals surface area contributed by atoms with Crippen LogP contribution in [0.15, 0.2) is 170 Å². The van der Waals surface area contributed by atoms with Gasteiger partial charge in [-0.3, -0.25) is 0 Å². The summed E-state index contributed by atoms with van der Waals surface area (Å²) in [7, 11) is -2.70. The largest absolute Gasteiger partial charge is 0.208 e. The molecule has 0 saturated carbocycles. The molecule has 1 aromatic heterocycles. The van der Waals surface area contributed by atoms with Gasteiger partial charge in [0.25, 0.3) is 0 Å². The minimum absolute atomic E-state index is 0.661. The molecule has 0 spiro atoms. The predicted octanol–water partition coefficient (Wildman–Crippen LogP) is 6.56. The van der Waals surface area contributed by atoms with Crippen LogP contribution in [0.3, 0.4) is 0 Å². The maximum Gasteiger partial charge on any atom is 0.164 e. The highest BCUT2D eigenvalue weighted by atomic mass is 28.3. The van der Waals surface area contributed by atoms with Gasteiger partial charge in [-0.1, -0.05) is 175 Å².